The number of nitrogens with one attached hydrogen (secondary N) is 2. The number of amidine groups is 1. The summed E-state index contributed by atoms with van der Waals surface area (Å²) in [5, 5.41) is 10.8. The summed E-state index contributed by atoms with van der Waals surface area (Å²) in [6.07, 6.45) is 3.85. The van der Waals surface area contributed by atoms with Gasteiger partial charge in [-0.1, -0.05) is 58.4 Å². The first-order chi connectivity index (χ1) is 12.3. The number of rotatable bonds is 5. The second-order valence-corrected chi connectivity index (χ2v) is 6.70. The minimum absolute atomic E-state index is 0.697. The highest BCUT2D eigenvalue weighted by Gasteiger charge is 2.20. The summed E-state index contributed by atoms with van der Waals surface area (Å²) in [4.78, 5) is 0. The highest BCUT2D eigenvalue weighted by Crippen LogP contribution is 2.14. The zero-order chi connectivity index (χ0) is 17.1. The second kappa shape index (κ2) is 7.08. The van der Waals surface area contributed by atoms with Crippen LogP contribution in [0, 0.1) is 0 Å². The maximum Gasteiger partial charge on any atom is 0.176 e. The van der Waals surface area contributed by atoms with Crippen molar-refractivity contribution in [1.29, 1.82) is 0 Å². The molecule has 2 heterocycles. The van der Waals surface area contributed by atoms with Crippen LogP contribution >= 0.6 is 15.9 Å². The van der Waals surface area contributed by atoms with Gasteiger partial charge in [0, 0.05) is 10.7 Å². The van der Waals surface area contributed by atoms with Gasteiger partial charge in [0.05, 0.1) is 24.8 Å². The van der Waals surface area contributed by atoms with Crippen LogP contribution in [0.1, 0.15) is 16.7 Å². The van der Waals surface area contributed by atoms with Crippen molar-refractivity contribution in [1.82, 2.24) is 25.9 Å². The fourth-order valence-electron chi connectivity index (χ4n) is 2.69. The fraction of sp³-hybridized carbons (Fsp3) is 0.111. The summed E-state index contributed by atoms with van der Waals surface area (Å²) >= 11 is 3.46. The van der Waals surface area contributed by atoms with Crippen LogP contribution in [0.15, 0.2) is 76.6 Å². The van der Waals surface area contributed by atoms with Gasteiger partial charge in [-0.2, -0.15) is 5.10 Å². The van der Waals surface area contributed by atoms with E-state index >= 15 is 0 Å². The Labute approximate surface area is 154 Å². The molecule has 3 aromatic rings. The predicted molar refractivity (Wildman–Crippen MR) is 100 cm³/mol. The van der Waals surface area contributed by atoms with Gasteiger partial charge in [0.25, 0.3) is 0 Å². The molecule has 0 saturated heterocycles. The summed E-state index contributed by atoms with van der Waals surface area (Å²) in [5.41, 5.74) is 9.25. The zero-order valence-corrected chi connectivity index (χ0v) is 15.0. The number of hydrazine groups is 2. The molecule has 0 saturated carbocycles. The number of hydrazone groups is 1. The van der Waals surface area contributed by atoms with E-state index in [1.807, 2.05) is 52.4 Å². The van der Waals surface area contributed by atoms with Crippen molar-refractivity contribution in [3.63, 3.8) is 0 Å². The summed E-state index contributed by atoms with van der Waals surface area (Å²) < 4.78 is 2.99. The average molecular weight is 397 g/mol. The predicted octanol–water partition coefficient (Wildman–Crippen LogP) is 2.88. The van der Waals surface area contributed by atoms with Gasteiger partial charge in [0.15, 0.2) is 5.84 Å². The van der Waals surface area contributed by atoms with E-state index < -0.39 is 0 Å². The van der Waals surface area contributed by atoms with Crippen molar-refractivity contribution >= 4 is 21.8 Å². The maximum absolute atomic E-state index is 4.46. The lowest BCUT2D eigenvalue weighted by Gasteiger charge is -2.18. The quantitative estimate of drug-likeness (QED) is 0.695. The Balaban J connectivity index is 1.48. The van der Waals surface area contributed by atoms with E-state index in [1.165, 1.54) is 11.1 Å². The zero-order valence-electron chi connectivity index (χ0n) is 13.4. The Bertz CT molecular complexity index is 872. The molecule has 4 rings (SSSR count). The molecule has 0 fully saturated rings. The van der Waals surface area contributed by atoms with E-state index in [0.29, 0.717) is 6.54 Å². The number of benzene rings is 2. The van der Waals surface area contributed by atoms with Gasteiger partial charge in [0.1, 0.15) is 0 Å². The third-order valence-corrected chi connectivity index (χ3v) is 4.46. The van der Waals surface area contributed by atoms with Crippen molar-refractivity contribution in [3.8, 4) is 0 Å². The van der Waals surface area contributed by atoms with Crippen molar-refractivity contribution in [2.45, 2.75) is 13.1 Å². The molecular weight excluding hydrogens is 380 g/mol. The maximum atomic E-state index is 4.46. The van der Waals surface area contributed by atoms with Crippen LogP contribution in [-0.2, 0) is 13.1 Å². The number of nitrogens with zero attached hydrogens (tertiary/aromatic N) is 4. The van der Waals surface area contributed by atoms with Crippen LogP contribution in [0.5, 0.6) is 0 Å². The second-order valence-electron chi connectivity index (χ2n) is 5.78. The van der Waals surface area contributed by atoms with Gasteiger partial charge >= 0.3 is 0 Å². The molecule has 7 heteroatoms. The molecule has 1 aromatic heterocycles. The lowest BCUT2D eigenvalue weighted by molar-refractivity contribution is 0.288. The van der Waals surface area contributed by atoms with Gasteiger partial charge in [-0.05, 0) is 23.3 Å². The summed E-state index contributed by atoms with van der Waals surface area (Å²) in [7, 11) is 0. The monoisotopic (exact) mass is 396 g/mol. The van der Waals surface area contributed by atoms with Crippen molar-refractivity contribution in [3.05, 3.63) is 88.2 Å². The lowest BCUT2D eigenvalue weighted by Crippen LogP contribution is -2.40. The van der Waals surface area contributed by atoms with Gasteiger partial charge in [-0.25, -0.2) is 5.53 Å². The number of aromatic nitrogens is 2. The molecule has 0 atom stereocenters. The smallest absolute Gasteiger partial charge is 0.176 e. The van der Waals surface area contributed by atoms with Crippen LogP contribution in [0.2, 0.25) is 0 Å². The van der Waals surface area contributed by atoms with E-state index in [1.54, 1.807) is 0 Å². The molecule has 1 aliphatic rings. The van der Waals surface area contributed by atoms with Gasteiger partial charge in [-0.15, -0.1) is 10.6 Å². The Morgan fingerprint density at radius 1 is 0.920 bits per heavy atom. The largest absolute Gasteiger partial charge is 0.268 e. The van der Waals surface area contributed by atoms with Gasteiger partial charge < -0.3 is 0 Å². The normalized spacial score (nSPS) is 13.6. The first-order valence-corrected chi connectivity index (χ1v) is 8.74. The van der Waals surface area contributed by atoms with E-state index in [0.717, 1.165) is 22.4 Å². The first kappa shape index (κ1) is 15.9. The Kier molecular flexibility index (Phi) is 4.49. The topological polar surface area (TPSA) is 57.5 Å². The molecule has 2 N–H and O–H groups in total. The van der Waals surface area contributed by atoms with Crippen LogP contribution in [-0.4, -0.2) is 20.6 Å². The number of hydrogen-bond donors (Lipinski definition) is 2. The molecule has 0 radical (unpaired) electrons. The highest BCUT2D eigenvalue weighted by atomic mass is 79.9. The Hall–Kier alpha value is -2.64. The van der Waals surface area contributed by atoms with Gasteiger partial charge in [-0.3, -0.25) is 9.69 Å². The van der Waals surface area contributed by atoms with E-state index in [-0.39, 0.29) is 0 Å². The first-order valence-electron chi connectivity index (χ1n) is 7.95. The average Bonchev–Trinajstić information content (AvgIpc) is 3.27. The molecule has 0 spiro atoms. The van der Waals surface area contributed by atoms with Crippen LogP contribution in [0.4, 0.5) is 0 Å². The molecule has 0 amide bonds. The van der Waals surface area contributed by atoms with Crippen molar-refractivity contribution in [2.24, 2.45) is 5.10 Å². The van der Waals surface area contributed by atoms with Crippen molar-refractivity contribution in [2.75, 3.05) is 0 Å². The molecule has 1 aliphatic heterocycles. The minimum Gasteiger partial charge on any atom is -0.268 e. The molecule has 25 heavy (non-hydrogen) atoms. The highest BCUT2D eigenvalue weighted by molar-refractivity contribution is 9.10. The Morgan fingerprint density at radius 3 is 2.48 bits per heavy atom. The SMILES string of the molecule is Brc1ccc(CN2NNN=C2c2cnn(Cc3ccccc3)c2)cc1. The van der Waals surface area contributed by atoms with E-state index in [9.17, 15) is 0 Å². The Morgan fingerprint density at radius 2 is 1.68 bits per heavy atom. The van der Waals surface area contributed by atoms with E-state index in [4.69, 9.17) is 0 Å². The summed E-state index contributed by atoms with van der Waals surface area (Å²) in [6, 6.07) is 18.5. The van der Waals surface area contributed by atoms with Crippen LogP contribution in [0.3, 0.4) is 0 Å². The van der Waals surface area contributed by atoms with Gasteiger partial charge in [0.2, 0.25) is 0 Å². The van der Waals surface area contributed by atoms with Crippen molar-refractivity contribution < 1.29 is 0 Å². The van der Waals surface area contributed by atoms with Crippen LogP contribution in [0.25, 0.3) is 0 Å². The lowest BCUT2D eigenvalue weighted by atomic mass is 10.2. The van der Waals surface area contributed by atoms with Crippen LogP contribution < -0.4 is 11.1 Å². The number of hydrogen-bond acceptors (Lipinski definition) is 5. The molecule has 0 aliphatic carbocycles. The molecule has 0 bridgehead atoms. The summed E-state index contributed by atoms with van der Waals surface area (Å²) in [5.74, 6) is 0.822. The molecule has 0 unspecified atom stereocenters. The standard InChI is InChI=1S/C18H17BrN6/c19-17-8-6-15(7-9-17)12-25-18(21-22-23-25)16-10-20-24(13-16)11-14-4-2-1-3-5-14/h1-10,13,22-23H,11-12H2. The molecule has 126 valence electrons. The fourth-order valence-corrected chi connectivity index (χ4v) is 2.96. The third kappa shape index (κ3) is 3.72. The minimum atomic E-state index is 0.697. The third-order valence-electron chi connectivity index (χ3n) is 3.94. The number of halogens is 1. The molecule has 6 nitrogen and oxygen atoms in total. The van der Waals surface area contributed by atoms with E-state index in [2.05, 4.69) is 61.5 Å². The summed E-state index contributed by atoms with van der Waals surface area (Å²) in [6.45, 7) is 1.44. The molecular formula is C18H17BrN6. The molecule has 2 aromatic carbocycles.